The molecule has 354 valence electrons. The van der Waals surface area contributed by atoms with E-state index >= 15 is 0 Å². The molecular weight excluding hydrogens is 879 g/mol. The average Bonchev–Trinajstić information content (AvgIpc) is 4.07. The first-order valence-corrected chi connectivity index (χ1v) is 25.4. The Morgan fingerprint density at radius 2 is 0.722 bits per heavy atom. The van der Waals surface area contributed by atoms with Crippen molar-refractivity contribution in [3.05, 3.63) is 173 Å². The zero-order valence-corrected chi connectivity index (χ0v) is 43.4. The lowest BCUT2D eigenvalue weighted by Gasteiger charge is -2.19. The third-order valence-corrected chi connectivity index (χ3v) is 15.7. The Labute approximate surface area is 420 Å². The van der Waals surface area contributed by atoms with Crippen LogP contribution in [0, 0.1) is 6.57 Å². The fourth-order valence-corrected chi connectivity index (χ4v) is 11.5. The molecule has 72 heavy (non-hydrogen) atoms. The molecule has 13 aromatic rings. The molecule has 13 rings (SSSR count). The maximum atomic E-state index is 8.32. The number of hydrogen-bond acceptors (Lipinski definition) is 2. The molecule has 0 aliphatic rings. The third-order valence-electron chi connectivity index (χ3n) is 15.7. The van der Waals surface area contributed by atoms with Crippen molar-refractivity contribution in [1.29, 1.82) is 0 Å². The van der Waals surface area contributed by atoms with Crippen molar-refractivity contribution in [2.24, 2.45) is 0 Å². The number of furan rings is 2. The second-order valence-electron chi connectivity index (χ2n) is 24.6. The fourth-order valence-electron chi connectivity index (χ4n) is 11.5. The van der Waals surface area contributed by atoms with Gasteiger partial charge < -0.3 is 18.0 Å². The van der Waals surface area contributed by atoms with Gasteiger partial charge in [-0.1, -0.05) is 119 Å². The molecule has 0 unspecified atom stereocenters. The van der Waals surface area contributed by atoms with E-state index in [2.05, 4.69) is 231 Å². The van der Waals surface area contributed by atoms with Crippen LogP contribution in [0.4, 0.5) is 5.69 Å². The summed E-state index contributed by atoms with van der Waals surface area (Å²) in [4.78, 5) is 4.00. The highest BCUT2D eigenvalue weighted by atomic mass is 16.3. The zero-order chi connectivity index (χ0) is 50.1. The van der Waals surface area contributed by atoms with Gasteiger partial charge in [-0.05, 0) is 169 Å². The first-order chi connectivity index (χ1) is 34.1. The summed E-state index contributed by atoms with van der Waals surface area (Å²) in [6.45, 7) is 35.7. The molecule has 0 aliphatic heterocycles. The molecule has 4 heterocycles. The number of nitrogens with zero attached hydrogens (tertiary/aromatic N) is 3. The lowest BCUT2D eigenvalue weighted by atomic mass is 9.85. The van der Waals surface area contributed by atoms with E-state index in [1.807, 2.05) is 6.07 Å². The smallest absolute Gasteiger partial charge is 0.233 e. The van der Waals surface area contributed by atoms with Gasteiger partial charge in [0.2, 0.25) is 5.69 Å². The summed E-state index contributed by atoms with van der Waals surface area (Å²) in [6, 6.07) is 52.1. The van der Waals surface area contributed by atoms with E-state index in [4.69, 9.17) is 15.4 Å². The molecule has 5 nitrogen and oxygen atoms in total. The number of rotatable bonds is 2. The van der Waals surface area contributed by atoms with Crippen LogP contribution in [0.25, 0.3) is 125 Å². The van der Waals surface area contributed by atoms with Crippen LogP contribution in [0.2, 0.25) is 0 Å². The molecule has 0 aliphatic carbocycles. The Morgan fingerprint density at radius 3 is 1.10 bits per heavy atom. The van der Waals surface area contributed by atoms with Crippen molar-refractivity contribution in [3.63, 3.8) is 0 Å². The van der Waals surface area contributed by atoms with Crippen LogP contribution in [-0.4, -0.2) is 9.13 Å². The molecule has 0 radical (unpaired) electrons. The maximum Gasteiger partial charge on any atom is 0.233 e. The number of benzene rings is 9. The van der Waals surface area contributed by atoms with E-state index < -0.39 is 0 Å². The maximum absolute atomic E-state index is 8.32. The van der Waals surface area contributed by atoms with Gasteiger partial charge >= 0.3 is 0 Å². The summed E-state index contributed by atoms with van der Waals surface area (Å²) in [7, 11) is 0. The predicted molar refractivity (Wildman–Crippen MR) is 306 cm³/mol. The quantitative estimate of drug-likeness (QED) is 0.162. The molecule has 0 fully saturated rings. The van der Waals surface area contributed by atoms with Crippen LogP contribution in [0.5, 0.6) is 0 Å². The molecule has 0 N–H and O–H groups in total. The summed E-state index contributed by atoms with van der Waals surface area (Å²) in [5.41, 5.74) is 15.5. The molecule has 0 saturated heterocycles. The lowest BCUT2D eigenvalue weighted by Crippen LogP contribution is -2.10. The van der Waals surface area contributed by atoms with Crippen LogP contribution in [-0.2, 0) is 21.7 Å². The summed E-state index contributed by atoms with van der Waals surface area (Å²) < 4.78 is 18.4. The monoisotopic (exact) mass is 937 g/mol. The highest BCUT2D eigenvalue weighted by Gasteiger charge is 2.25. The van der Waals surface area contributed by atoms with E-state index in [-0.39, 0.29) is 21.7 Å². The molecule has 0 atom stereocenters. The van der Waals surface area contributed by atoms with Crippen molar-refractivity contribution >= 4 is 115 Å². The van der Waals surface area contributed by atoms with Gasteiger partial charge in [0.05, 0.1) is 28.6 Å². The minimum atomic E-state index is 0.0223. The van der Waals surface area contributed by atoms with Gasteiger partial charge in [0.1, 0.15) is 22.3 Å². The number of aromatic nitrogens is 2. The van der Waals surface area contributed by atoms with E-state index in [9.17, 15) is 0 Å². The van der Waals surface area contributed by atoms with Crippen LogP contribution in [0.3, 0.4) is 0 Å². The normalized spacial score (nSPS) is 13.3. The summed E-state index contributed by atoms with van der Waals surface area (Å²) in [5.74, 6) is 0. The second-order valence-corrected chi connectivity index (χ2v) is 24.6. The van der Waals surface area contributed by atoms with Crippen LogP contribution in [0.15, 0.2) is 148 Å². The highest BCUT2D eigenvalue weighted by Crippen LogP contribution is 2.47. The molecule has 9 aromatic carbocycles. The minimum absolute atomic E-state index is 0.0223. The van der Waals surface area contributed by atoms with Gasteiger partial charge in [0.25, 0.3) is 0 Å². The van der Waals surface area contributed by atoms with Crippen molar-refractivity contribution in [2.45, 2.75) is 105 Å². The van der Waals surface area contributed by atoms with Gasteiger partial charge in [-0.15, -0.1) is 0 Å². The fraction of sp³-hybridized carbons (Fsp3) is 0.239. The van der Waals surface area contributed by atoms with Gasteiger partial charge in [-0.25, -0.2) is 4.85 Å². The number of fused-ring (bicyclic) bond motifs is 15. The topological polar surface area (TPSA) is 40.5 Å². The predicted octanol–water partition coefficient (Wildman–Crippen LogP) is 19.7. The average molecular weight is 938 g/mol. The van der Waals surface area contributed by atoms with Gasteiger partial charge in [-0.2, -0.15) is 0 Å². The second kappa shape index (κ2) is 14.6. The summed E-state index contributed by atoms with van der Waals surface area (Å²) in [6.07, 6.45) is 0. The van der Waals surface area contributed by atoms with Gasteiger partial charge in [0.15, 0.2) is 0 Å². The number of hydrogen-bond donors (Lipinski definition) is 0. The van der Waals surface area contributed by atoms with E-state index in [0.29, 0.717) is 16.9 Å². The first kappa shape index (κ1) is 44.2. The Balaban J connectivity index is 0.971. The van der Waals surface area contributed by atoms with E-state index in [0.717, 1.165) is 65.6 Å². The Morgan fingerprint density at radius 1 is 0.347 bits per heavy atom. The van der Waals surface area contributed by atoms with Crippen molar-refractivity contribution in [2.75, 3.05) is 0 Å². The molecule has 5 heteroatoms. The van der Waals surface area contributed by atoms with Crippen LogP contribution < -0.4 is 0 Å². The lowest BCUT2D eigenvalue weighted by molar-refractivity contribution is 0.590. The SMILES string of the molecule is [C-]#[N+]c1cc2oc3cc4cc(-n5c6ccc(C(C)(C)C)cc6c6cc(C(C)(C)C)ccc65)ccc4cc3c2c2c1oc1cc3cc(-n4c5ccc(C(C)(C)C)cc5c5cc(C(C)(C)C)ccc54)ccc3cc12. The molecule has 0 bridgehead atoms. The standard InChI is InChI=1S/C67H59N3O2/c1-64(2,3)41-16-22-54-47(32-41)48-33-42(65(4,5)6)17-23-55(48)69(54)45-20-14-37-28-51-58(30-39(37)26-45)71-60-36-53(68-13)63-62(61(51)60)52-29-38-15-21-46(27-40(38)31-59(52)72-63)70-56-24-18-43(66(7,8)9)34-49(56)50-35-44(67(10,11)12)19-25-57(50)70/h14-36H,1-12H3. The highest BCUT2D eigenvalue weighted by molar-refractivity contribution is 6.30. The van der Waals surface area contributed by atoms with Crippen molar-refractivity contribution in [3.8, 4) is 11.4 Å². The molecular formula is C67H59N3O2. The first-order valence-electron chi connectivity index (χ1n) is 25.4. The Bertz CT molecular complexity index is 4400. The van der Waals surface area contributed by atoms with Crippen molar-refractivity contribution < 1.29 is 8.83 Å². The van der Waals surface area contributed by atoms with E-state index in [1.165, 1.54) is 65.9 Å². The van der Waals surface area contributed by atoms with Gasteiger partial charge in [-0.3, -0.25) is 0 Å². The largest absolute Gasteiger partial charge is 0.467 e. The molecule has 0 saturated carbocycles. The molecule has 0 spiro atoms. The summed E-state index contributed by atoms with van der Waals surface area (Å²) >= 11 is 0. The third kappa shape index (κ3) is 6.57. The van der Waals surface area contributed by atoms with Crippen molar-refractivity contribution in [1.82, 2.24) is 9.13 Å². The molecule has 0 amide bonds. The van der Waals surface area contributed by atoms with Crippen LogP contribution in [0.1, 0.15) is 105 Å². The van der Waals surface area contributed by atoms with Crippen LogP contribution >= 0.6 is 0 Å². The van der Waals surface area contributed by atoms with Gasteiger partial charge in [0, 0.05) is 54.5 Å². The Hall–Kier alpha value is -7.81. The minimum Gasteiger partial charge on any atom is -0.467 e. The molecule has 4 aromatic heterocycles. The van der Waals surface area contributed by atoms with E-state index in [1.54, 1.807) is 0 Å². The Kier molecular flexibility index (Phi) is 8.98. The summed E-state index contributed by atoms with van der Waals surface area (Å²) in [5, 5.41) is 13.3. The zero-order valence-electron chi connectivity index (χ0n) is 43.4.